The Bertz CT molecular complexity index is 481. The van der Waals surface area contributed by atoms with E-state index in [1.807, 2.05) is 12.1 Å². The third-order valence-electron chi connectivity index (χ3n) is 4.95. The summed E-state index contributed by atoms with van der Waals surface area (Å²) < 4.78 is 32.3. The van der Waals surface area contributed by atoms with E-state index in [0.717, 1.165) is 19.4 Å². The Morgan fingerprint density at radius 1 is 1.24 bits per heavy atom. The molecule has 2 atom stereocenters. The SMILES string of the molecule is NC(CC1OCCc2ccccc21)C1CCC(F)(F)CC1. The van der Waals surface area contributed by atoms with Crippen LogP contribution < -0.4 is 5.73 Å². The Kier molecular flexibility index (Phi) is 4.27. The second-order valence-electron chi connectivity index (χ2n) is 6.40. The van der Waals surface area contributed by atoms with Crippen LogP contribution in [0.15, 0.2) is 24.3 Å². The Morgan fingerprint density at radius 2 is 1.95 bits per heavy atom. The van der Waals surface area contributed by atoms with Gasteiger partial charge in [0.2, 0.25) is 5.92 Å². The number of hydrogen-bond acceptors (Lipinski definition) is 2. The van der Waals surface area contributed by atoms with Crippen molar-refractivity contribution in [2.75, 3.05) is 6.61 Å². The zero-order chi connectivity index (χ0) is 14.9. The van der Waals surface area contributed by atoms with E-state index < -0.39 is 5.92 Å². The normalized spacial score (nSPS) is 27.1. The molecule has 0 bridgehead atoms. The molecule has 1 aromatic rings. The molecule has 0 saturated heterocycles. The van der Waals surface area contributed by atoms with Gasteiger partial charge in [-0.3, -0.25) is 0 Å². The minimum absolute atomic E-state index is 0.0204. The van der Waals surface area contributed by atoms with E-state index >= 15 is 0 Å². The molecule has 2 unspecified atom stereocenters. The van der Waals surface area contributed by atoms with E-state index in [4.69, 9.17) is 10.5 Å². The monoisotopic (exact) mass is 295 g/mol. The third kappa shape index (κ3) is 3.43. The topological polar surface area (TPSA) is 35.2 Å². The summed E-state index contributed by atoms with van der Waals surface area (Å²) in [7, 11) is 0. The van der Waals surface area contributed by atoms with Gasteiger partial charge < -0.3 is 10.5 Å². The van der Waals surface area contributed by atoms with Crippen LogP contribution in [-0.4, -0.2) is 18.6 Å². The molecular formula is C17H23F2NO. The largest absolute Gasteiger partial charge is 0.373 e. The van der Waals surface area contributed by atoms with Crippen molar-refractivity contribution < 1.29 is 13.5 Å². The highest BCUT2D eigenvalue weighted by molar-refractivity contribution is 5.31. The maximum absolute atomic E-state index is 13.2. The molecule has 1 heterocycles. The average Bonchev–Trinajstić information content (AvgIpc) is 2.47. The molecule has 1 saturated carbocycles. The van der Waals surface area contributed by atoms with E-state index in [-0.39, 0.29) is 30.9 Å². The molecule has 2 aliphatic rings. The van der Waals surface area contributed by atoms with Gasteiger partial charge in [-0.15, -0.1) is 0 Å². The number of nitrogens with two attached hydrogens (primary N) is 1. The maximum Gasteiger partial charge on any atom is 0.248 e. The van der Waals surface area contributed by atoms with Crippen LogP contribution >= 0.6 is 0 Å². The van der Waals surface area contributed by atoms with Gasteiger partial charge in [-0.25, -0.2) is 8.78 Å². The fourth-order valence-corrected chi connectivity index (χ4v) is 3.60. The number of alkyl halides is 2. The zero-order valence-electron chi connectivity index (χ0n) is 12.2. The summed E-state index contributed by atoms with van der Waals surface area (Å²) in [5, 5.41) is 0. The van der Waals surface area contributed by atoms with E-state index in [2.05, 4.69) is 12.1 Å². The summed E-state index contributed by atoms with van der Waals surface area (Å²) in [6.45, 7) is 0.719. The van der Waals surface area contributed by atoms with E-state index in [9.17, 15) is 8.78 Å². The van der Waals surface area contributed by atoms with Crippen molar-refractivity contribution in [3.8, 4) is 0 Å². The Morgan fingerprint density at radius 3 is 2.71 bits per heavy atom. The van der Waals surface area contributed by atoms with Crippen molar-refractivity contribution in [2.45, 2.75) is 56.6 Å². The molecular weight excluding hydrogens is 272 g/mol. The maximum atomic E-state index is 13.2. The van der Waals surface area contributed by atoms with Crippen LogP contribution in [0.3, 0.4) is 0 Å². The van der Waals surface area contributed by atoms with Crippen LogP contribution in [0.5, 0.6) is 0 Å². The summed E-state index contributed by atoms with van der Waals surface area (Å²) in [5.74, 6) is -2.29. The lowest BCUT2D eigenvalue weighted by atomic mass is 9.79. The van der Waals surface area contributed by atoms with Crippen LogP contribution in [0.2, 0.25) is 0 Å². The lowest BCUT2D eigenvalue weighted by Gasteiger charge is -2.35. The quantitative estimate of drug-likeness (QED) is 0.919. The first kappa shape index (κ1) is 14.9. The molecule has 0 radical (unpaired) electrons. The summed E-state index contributed by atoms with van der Waals surface area (Å²) in [6, 6.07) is 8.24. The van der Waals surface area contributed by atoms with Crippen molar-refractivity contribution in [2.24, 2.45) is 11.7 Å². The molecule has 2 N–H and O–H groups in total. The first-order chi connectivity index (χ1) is 10.1. The lowest BCUT2D eigenvalue weighted by molar-refractivity contribution is -0.0512. The lowest BCUT2D eigenvalue weighted by Crippen LogP contribution is -2.38. The number of hydrogen-bond donors (Lipinski definition) is 1. The fraction of sp³-hybridized carbons (Fsp3) is 0.647. The average molecular weight is 295 g/mol. The summed E-state index contributed by atoms with van der Waals surface area (Å²) in [6.07, 6.45) is 2.71. The molecule has 3 rings (SSSR count). The summed E-state index contributed by atoms with van der Waals surface area (Å²) in [4.78, 5) is 0. The first-order valence-corrected chi connectivity index (χ1v) is 7.88. The first-order valence-electron chi connectivity index (χ1n) is 7.88. The van der Waals surface area contributed by atoms with Crippen molar-refractivity contribution >= 4 is 0 Å². The van der Waals surface area contributed by atoms with Crippen molar-refractivity contribution in [1.29, 1.82) is 0 Å². The van der Waals surface area contributed by atoms with Crippen LogP contribution in [0.4, 0.5) is 8.78 Å². The van der Waals surface area contributed by atoms with Crippen molar-refractivity contribution in [3.05, 3.63) is 35.4 Å². The highest BCUT2D eigenvalue weighted by Gasteiger charge is 2.37. The number of benzene rings is 1. The molecule has 21 heavy (non-hydrogen) atoms. The smallest absolute Gasteiger partial charge is 0.248 e. The standard InChI is InChI=1S/C17H23F2NO/c18-17(19)8-5-13(6-9-17)15(20)11-16-14-4-2-1-3-12(14)7-10-21-16/h1-4,13,15-16H,5-11,20H2. The van der Waals surface area contributed by atoms with E-state index in [1.165, 1.54) is 11.1 Å². The van der Waals surface area contributed by atoms with Crippen molar-refractivity contribution in [1.82, 2.24) is 0 Å². The van der Waals surface area contributed by atoms with Crippen LogP contribution in [0.25, 0.3) is 0 Å². The highest BCUT2D eigenvalue weighted by Crippen LogP contribution is 2.39. The Hall–Kier alpha value is -1.00. The summed E-state index contributed by atoms with van der Waals surface area (Å²) in [5.41, 5.74) is 8.85. The van der Waals surface area contributed by atoms with Crippen LogP contribution in [0, 0.1) is 5.92 Å². The number of halogens is 2. The van der Waals surface area contributed by atoms with E-state index in [0.29, 0.717) is 12.8 Å². The van der Waals surface area contributed by atoms with Gasteiger partial charge in [0.15, 0.2) is 0 Å². The van der Waals surface area contributed by atoms with Crippen molar-refractivity contribution in [3.63, 3.8) is 0 Å². The van der Waals surface area contributed by atoms with Gasteiger partial charge in [0, 0.05) is 18.9 Å². The molecule has 1 aromatic carbocycles. The molecule has 0 spiro atoms. The minimum Gasteiger partial charge on any atom is -0.373 e. The summed E-state index contributed by atoms with van der Waals surface area (Å²) >= 11 is 0. The van der Waals surface area contributed by atoms with Gasteiger partial charge in [0.1, 0.15) is 0 Å². The second-order valence-corrected chi connectivity index (χ2v) is 6.40. The zero-order valence-corrected chi connectivity index (χ0v) is 12.2. The fourth-order valence-electron chi connectivity index (χ4n) is 3.60. The Labute approximate surface area is 124 Å². The van der Waals surface area contributed by atoms with Gasteiger partial charge in [0.25, 0.3) is 0 Å². The third-order valence-corrected chi connectivity index (χ3v) is 4.95. The minimum atomic E-state index is -2.48. The highest BCUT2D eigenvalue weighted by atomic mass is 19.3. The van der Waals surface area contributed by atoms with Gasteiger partial charge in [0.05, 0.1) is 12.7 Å². The number of ether oxygens (including phenoxy) is 1. The molecule has 1 aliphatic heterocycles. The second kappa shape index (κ2) is 6.01. The predicted molar refractivity (Wildman–Crippen MR) is 78.3 cm³/mol. The van der Waals surface area contributed by atoms with E-state index in [1.54, 1.807) is 0 Å². The van der Waals surface area contributed by atoms with Gasteiger partial charge in [-0.1, -0.05) is 24.3 Å². The molecule has 4 heteroatoms. The number of rotatable bonds is 3. The van der Waals surface area contributed by atoms with Gasteiger partial charge in [-0.05, 0) is 42.7 Å². The van der Waals surface area contributed by atoms with Gasteiger partial charge >= 0.3 is 0 Å². The molecule has 116 valence electrons. The molecule has 1 fully saturated rings. The molecule has 0 aromatic heterocycles. The van der Waals surface area contributed by atoms with Gasteiger partial charge in [-0.2, -0.15) is 0 Å². The van der Waals surface area contributed by atoms with Crippen LogP contribution in [-0.2, 0) is 11.2 Å². The molecule has 0 amide bonds. The molecule has 2 nitrogen and oxygen atoms in total. The number of fused-ring (bicyclic) bond motifs is 1. The Balaban J connectivity index is 1.62. The van der Waals surface area contributed by atoms with Crippen LogP contribution in [0.1, 0.15) is 49.3 Å². The predicted octanol–water partition coefficient (Wildman–Crippen LogP) is 3.84. The molecule has 1 aliphatic carbocycles.